The van der Waals surface area contributed by atoms with Crippen molar-refractivity contribution in [1.82, 2.24) is 9.55 Å². The van der Waals surface area contributed by atoms with E-state index in [2.05, 4.69) is 4.98 Å². The minimum Gasteiger partial charge on any atom is -0.268 e. The van der Waals surface area contributed by atoms with E-state index < -0.39 is 17.3 Å². The summed E-state index contributed by atoms with van der Waals surface area (Å²) in [7, 11) is 0. The van der Waals surface area contributed by atoms with Crippen molar-refractivity contribution in [2.45, 2.75) is 13.1 Å². The summed E-state index contributed by atoms with van der Waals surface area (Å²) >= 11 is 6.40. The lowest BCUT2D eigenvalue weighted by Gasteiger charge is -2.16. The summed E-state index contributed by atoms with van der Waals surface area (Å²) in [6.45, 7) is 1.86. The van der Waals surface area contributed by atoms with Crippen LogP contribution in [0.5, 0.6) is 0 Å². The van der Waals surface area contributed by atoms with Crippen LogP contribution in [0, 0.1) is 6.92 Å². The summed E-state index contributed by atoms with van der Waals surface area (Å²) in [6, 6.07) is 16.9. The lowest BCUT2D eigenvalue weighted by atomic mass is 10.1. The molecule has 4 aromatic rings. The Morgan fingerprint density at radius 3 is 2.34 bits per heavy atom. The largest absolute Gasteiger partial charge is 0.416 e. The average molecular weight is 415 g/mol. The van der Waals surface area contributed by atoms with Crippen molar-refractivity contribution in [3.8, 4) is 17.1 Å². The van der Waals surface area contributed by atoms with Gasteiger partial charge in [0.25, 0.3) is 5.56 Å². The molecule has 1 heterocycles. The molecule has 4 rings (SSSR count). The zero-order valence-electron chi connectivity index (χ0n) is 15.2. The van der Waals surface area contributed by atoms with Crippen molar-refractivity contribution < 1.29 is 13.2 Å². The van der Waals surface area contributed by atoms with Gasteiger partial charge in [-0.1, -0.05) is 35.9 Å². The number of halogens is 4. The minimum atomic E-state index is -4.54. The molecule has 0 radical (unpaired) electrons. The highest BCUT2D eigenvalue weighted by atomic mass is 35.5. The molecule has 3 aromatic carbocycles. The topological polar surface area (TPSA) is 34.9 Å². The maximum Gasteiger partial charge on any atom is 0.416 e. The van der Waals surface area contributed by atoms with Gasteiger partial charge in [-0.05, 0) is 55.0 Å². The normalized spacial score (nSPS) is 11.8. The van der Waals surface area contributed by atoms with E-state index in [1.165, 1.54) is 4.57 Å². The maximum absolute atomic E-state index is 13.3. The van der Waals surface area contributed by atoms with Gasteiger partial charge in [0.15, 0.2) is 0 Å². The minimum absolute atomic E-state index is 0.0383. The maximum atomic E-state index is 13.3. The van der Waals surface area contributed by atoms with Crippen molar-refractivity contribution in [3.05, 3.63) is 93.2 Å². The van der Waals surface area contributed by atoms with Crippen molar-refractivity contribution in [2.75, 3.05) is 0 Å². The second-order valence-electron chi connectivity index (χ2n) is 6.62. The third kappa shape index (κ3) is 3.51. The molecule has 3 nitrogen and oxygen atoms in total. The Labute approximate surface area is 169 Å². The van der Waals surface area contributed by atoms with Gasteiger partial charge in [0.1, 0.15) is 5.82 Å². The fraction of sp³-hybridized carbons (Fsp3) is 0.0909. The highest BCUT2D eigenvalue weighted by Crippen LogP contribution is 2.33. The molecule has 1 aromatic heterocycles. The number of aryl methyl sites for hydroxylation is 1. The van der Waals surface area contributed by atoms with Gasteiger partial charge in [0.2, 0.25) is 0 Å². The number of rotatable bonds is 2. The highest BCUT2D eigenvalue weighted by molar-refractivity contribution is 6.33. The summed E-state index contributed by atoms with van der Waals surface area (Å²) in [6.07, 6.45) is -4.54. The van der Waals surface area contributed by atoms with E-state index in [4.69, 9.17) is 11.6 Å². The second kappa shape index (κ2) is 7.04. The van der Waals surface area contributed by atoms with Gasteiger partial charge < -0.3 is 0 Å². The molecule has 146 valence electrons. The number of hydrogen-bond acceptors (Lipinski definition) is 2. The van der Waals surface area contributed by atoms with Crippen LogP contribution in [-0.2, 0) is 6.18 Å². The smallest absolute Gasteiger partial charge is 0.268 e. The van der Waals surface area contributed by atoms with Crippen LogP contribution in [0.15, 0.2) is 71.5 Å². The quantitative estimate of drug-likeness (QED) is 0.401. The molecule has 29 heavy (non-hydrogen) atoms. The third-order valence-corrected chi connectivity index (χ3v) is 4.89. The second-order valence-corrected chi connectivity index (χ2v) is 7.03. The van der Waals surface area contributed by atoms with Crippen LogP contribution in [0.2, 0.25) is 5.02 Å². The average Bonchev–Trinajstić information content (AvgIpc) is 2.67. The van der Waals surface area contributed by atoms with E-state index in [0.717, 1.165) is 23.8 Å². The van der Waals surface area contributed by atoms with Gasteiger partial charge in [-0.3, -0.25) is 9.36 Å². The fourth-order valence-corrected chi connectivity index (χ4v) is 3.48. The lowest BCUT2D eigenvalue weighted by Crippen LogP contribution is -2.22. The first-order valence-corrected chi connectivity index (χ1v) is 9.09. The van der Waals surface area contributed by atoms with Crippen LogP contribution in [0.4, 0.5) is 13.2 Å². The van der Waals surface area contributed by atoms with E-state index in [9.17, 15) is 18.0 Å². The van der Waals surface area contributed by atoms with Crippen LogP contribution in [0.25, 0.3) is 28.0 Å². The monoisotopic (exact) mass is 414 g/mol. The van der Waals surface area contributed by atoms with Crippen LogP contribution in [-0.4, -0.2) is 9.55 Å². The van der Waals surface area contributed by atoms with Crippen molar-refractivity contribution in [2.24, 2.45) is 0 Å². The molecule has 0 fully saturated rings. The van der Waals surface area contributed by atoms with E-state index >= 15 is 0 Å². The zero-order chi connectivity index (χ0) is 20.8. The van der Waals surface area contributed by atoms with Gasteiger partial charge in [-0.25, -0.2) is 4.98 Å². The standard InChI is InChI=1S/C22H14ClF3N2O/c1-13-7-9-16(18(23)11-13)20-27-19-12-14(22(24,25)26)8-10-17(19)21(29)28(20)15-5-3-2-4-6-15/h2-12H,1H3. The van der Waals surface area contributed by atoms with Crippen molar-refractivity contribution >= 4 is 22.5 Å². The Hall–Kier alpha value is -3.12. The van der Waals surface area contributed by atoms with Gasteiger partial charge in [0.05, 0.1) is 27.2 Å². The summed E-state index contributed by atoms with van der Waals surface area (Å²) in [5.74, 6) is 0.179. The molecule has 0 amide bonds. The Morgan fingerprint density at radius 2 is 1.69 bits per heavy atom. The van der Waals surface area contributed by atoms with Crippen LogP contribution < -0.4 is 5.56 Å². The van der Waals surface area contributed by atoms with Crippen molar-refractivity contribution in [1.29, 1.82) is 0 Å². The first-order chi connectivity index (χ1) is 13.8. The van der Waals surface area contributed by atoms with Gasteiger partial charge in [-0.2, -0.15) is 13.2 Å². The zero-order valence-corrected chi connectivity index (χ0v) is 15.9. The number of fused-ring (bicyclic) bond motifs is 1. The Bertz CT molecular complexity index is 1280. The molecular formula is C22H14ClF3N2O. The first kappa shape index (κ1) is 19.2. The molecule has 0 saturated heterocycles. The van der Waals surface area contributed by atoms with E-state index in [0.29, 0.717) is 16.3 Å². The molecule has 0 N–H and O–H groups in total. The van der Waals surface area contributed by atoms with Crippen molar-refractivity contribution in [3.63, 3.8) is 0 Å². The predicted octanol–water partition coefficient (Wildman–Crippen LogP) is 6.03. The molecule has 0 spiro atoms. The molecule has 0 aliphatic rings. The SMILES string of the molecule is Cc1ccc(-c2nc3cc(C(F)(F)F)ccc3c(=O)n2-c2ccccc2)c(Cl)c1. The number of hydrogen-bond donors (Lipinski definition) is 0. The number of alkyl halides is 3. The number of aromatic nitrogens is 2. The highest BCUT2D eigenvalue weighted by Gasteiger charge is 2.31. The molecular weight excluding hydrogens is 401 g/mol. The van der Waals surface area contributed by atoms with E-state index in [1.54, 1.807) is 48.5 Å². The number of nitrogens with zero attached hydrogens (tertiary/aromatic N) is 2. The molecule has 0 aliphatic heterocycles. The van der Waals surface area contributed by atoms with E-state index in [-0.39, 0.29) is 16.7 Å². The van der Waals surface area contributed by atoms with Crippen LogP contribution >= 0.6 is 11.6 Å². The third-order valence-electron chi connectivity index (χ3n) is 4.58. The number of para-hydroxylation sites is 1. The summed E-state index contributed by atoms with van der Waals surface area (Å²) < 4.78 is 40.8. The summed E-state index contributed by atoms with van der Waals surface area (Å²) in [4.78, 5) is 17.7. The Balaban J connectivity index is 2.11. The molecule has 7 heteroatoms. The van der Waals surface area contributed by atoms with E-state index in [1.807, 2.05) is 6.92 Å². The predicted molar refractivity (Wildman–Crippen MR) is 108 cm³/mol. The van der Waals surface area contributed by atoms with Gasteiger partial charge in [0, 0.05) is 5.56 Å². The first-order valence-electron chi connectivity index (χ1n) is 8.71. The fourth-order valence-electron chi connectivity index (χ4n) is 3.16. The molecule has 0 aliphatic carbocycles. The Kier molecular flexibility index (Phi) is 4.67. The van der Waals surface area contributed by atoms with Crippen LogP contribution in [0.1, 0.15) is 11.1 Å². The molecule has 0 bridgehead atoms. The molecule has 0 saturated carbocycles. The lowest BCUT2D eigenvalue weighted by molar-refractivity contribution is -0.137. The van der Waals surface area contributed by atoms with Gasteiger partial charge >= 0.3 is 6.18 Å². The summed E-state index contributed by atoms with van der Waals surface area (Å²) in [5.41, 5.74) is 0.531. The Morgan fingerprint density at radius 1 is 0.966 bits per heavy atom. The van der Waals surface area contributed by atoms with Crippen LogP contribution in [0.3, 0.4) is 0 Å². The number of benzene rings is 3. The van der Waals surface area contributed by atoms with Gasteiger partial charge in [-0.15, -0.1) is 0 Å². The summed E-state index contributed by atoms with van der Waals surface area (Å²) in [5, 5.41) is 0.446. The molecule has 0 atom stereocenters. The molecule has 0 unspecified atom stereocenters.